The quantitative estimate of drug-likeness (QED) is 0.518. The maximum atomic E-state index is 11.8. The number of nitrogens with one attached hydrogen (secondary N) is 2. The van der Waals surface area contributed by atoms with Gasteiger partial charge in [0, 0.05) is 17.4 Å². The predicted octanol–water partition coefficient (Wildman–Crippen LogP) is 3.75. The van der Waals surface area contributed by atoms with Crippen LogP contribution < -0.4 is 16.4 Å². The van der Waals surface area contributed by atoms with Crippen molar-refractivity contribution in [1.82, 2.24) is 5.32 Å². The molecular formula is C15H25N3O. The molecule has 4 nitrogen and oxygen atoms in total. The van der Waals surface area contributed by atoms with Gasteiger partial charge in [-0.25, -0.2) is 4.79 Å². The van der Waals surface area contributed by atoms with Gasteiger partial charge in [0.2, 0.25) is 0 Å². The lowest BCUT2D eigenvalue weighted by Gasteiger charge is -2.14. The largest absolute Gasteiger partial charge is 0.399 e. The van der Waals surface area contributed by atoms with Crippen molar-refractivity contribution in [2.45, 2.75) is 52.0 Å². The number of rotatable bonds is 7. The minimum atomic E-state index is -0.173. The van der Waals surface area contributed by atoms with Crippen LogP contribution in [0.5, 0.6) is 0 Å². The SMILES string of the molecule is CCCCCCC(C)NC(=O)Nc1cccc(N)c1. The molecule has 0 radical (unpaired) electrons. The van der Waals surface area contributed by atoms with Crippen LogP contribution in [0.4, 0.5) is 16.2 Å². The van der Waals surface area contributed by atoms with E-state index in [-0.39, 0.29) is 12.1 Å². The Labute approximate surface area is 115 Å². The lowest BCUT2D eigenvalue weighted by Crippen LogP contribution is -2.36. The van der Waals surface area contributed by atoms with E-state index in [4.69, 9.17) is 5.73 Å². The van der Waals surface area contributed by atoms with Crippen LogP contribution in [0.3, 0.4) is 0 Å². The maximum absolute atomic E-state index is 11.8. The third-order valence-corrected chi connectivity index (χ3v) is 3.01. The molecule has 0 heterocycles. The van der Waals surface area contributed by atoms with E-state index in [1.807, 2.05) is 19.1 Å². The van der Waals surface area contributed by atoms with Crippen LogP contribution in [-0.2, 0) is 0 Å². The summed E-state index contributed by atoms with van der Waals surface area (Å²) in [5.74, 6) is 0. The molecule has 0 aromatic heterocycles. The van der Waals surface area contributed by atoms with E-state index < -0.39 is 0 Å². The number of urea groups is 1. The van der Waals surface area contributed by atoms with E-state index in [0.717, 1.165) is 18.5 Å². The Kier molecular flexibility index (Phi) is 6.79. The van der Waals surface area contributed by atoms with Gasteiger partial charge in [0.25, 0.3) is 0 Å². The molecule has 1 atom stereocenters. The fraction of sp³-hybridized carbons (Fsp3) is 0.533. The van der Waals surface area contributed by atoms with E-state index in [9.17, 15) is 4.79 Å². The summed E-state index contributed by atoms with van der Waals surface area (Å²) in [5.41, 5.74) is 7.02. The van der Waals surface area contributed by atoms with Crippen LogP contribution in [0.15, 0.2) is 24.3 Å². The van der Waals surface area contributed by atoms with E-state index in [0.29, 0.717) is 5.69 Å². The van der Waals surface area contributed by atoms with Crippen molar-refractivity contribution in [3.8, 4) is 0 Å². The van der Waals surface area contributed by atoms with Crippen molar-refractivity contribution < 1.29 is 4.79 Å². The molecule has 1 rings (SSSR count). The number of nitrogens with two attached hydrogens (primary N) is 1. The highest BCUT2D eigenvalue weighted by Gasteiger charge is 2.07. The van der Waals surface area contributed by atoms with Crippen molar-refractivity contribution in [3.63, 3.8) is 0 Å². The maximum Gasteiger partial charge on any atom is 0.319 e. The number of amides is 2. The number of carbonyl (C=O) groups excluding carboxylic acids is 1. The molecule has 2 amide bonds. The Hall–Kier alpha value is -1.71. The molecule has 106 valence electrons. The first kappa shape index (κ1) is 15.3. The normalized spacial score (nSPS) is 11.9. The molecule has 0 saturated carbocycles. The van der Waals surface area contributed by atoms with Crippen molar-refractivity contribution in [2.75, 3.05) is 11.1 Å². The van der Waals surface area contributed by atoms with Gasteiger partial charge in [0.15, 0.2) is 0 Å². The van der Waals surface area contributed by atoms with Gasteiger partial charge in [-0.3, -0.25) is 0 Å². The van der Waals surface area contributed by atoms with Gasteiger partial charge < -0.3 is 16.4 Å². The Bertz CT molecular complexity index is 393. The second-order valence-corrected chi connectivity index (χ2v) is 4.97. The number of hydrogen-bond acceptors (Lipinski definition) is 2. The summed E-state index contributed by atoms with van der Waals surface area (Å²) in [6.07, 6.45) is 5.91. The van der Waals surface area contributed by atoms with Gasteiger partial charge in [-0.1, -0.05) is 38.7 Å². The van der Waals surface area contributed by atoms with Crippen LogP contribution in [0, 0.1) is 0 Å². The Morgan fingerprint density at radius 1 is 1.32 bits per heavy atom. The monoisotopic (exact) mass is 263 g/mol. The fourth-order valence-electron chi connectivity index (χ4n) is 1.96. The topological polar surface area (TPSA) is 67.2 Å². The smallest absolute Gasteiger partial charge is 0.319 e. The molecule has 0 saturated heterocycles. The Balaban J connectivity index is 2.26. The third-order valence-electron chi connectivity index (χ3n) is 3.01. The zero-order valence-electron chi connectivity index (χ0n) is 11.9. The highest BCUT2D eigenvalue weighted by molar-refractivity contribution is 5.89. The summed E-state index contributed by atoms with van der Waals surface area (Å²) < 4.78 is 0. The molecule has 4 N–H and O–H groups in total. The van der Waals surface area contributed by atoms with Crippen LogP contribution in [0.25, 0.3) is 0 Å². The summed E-state index contributed by atoms with van der Waals surface area (Å²) in [6.45, 7) is 4.23. The molecule has 0 aliphatic heterocycles. The zero-order valence-corrected chi connectivity index (χ0v) is 11.9. The second-order valence-electron chi connectivity index (χ2n) is 4.97. The summed E-state index contributed by atoms with van der Waals surface area (Å²) >= 11 is 0. The molecule has 19 heavy (non-hydrogen) atoms. The average Bonchev–Trinajstić information content (AvgIpc) is 2.34. The third kappa shape index (κ3) is 6.70. The van der Waals surface area contributed by atoms with Crippen LogP contribution in [0.1, 0.15) is 46.0 Å². The molecule has 0 aliphatic rings. The van der Waals surface area contributed by atoms with Gasteiger partial charge in [-0.05, 0) is 31.5 Å². The summed E-state index contributed by atoms with van der Waals surface area (Å²) in [4.78, 5) is 11.8. The van der Waals surface area contributed by atoms with Crippen molar-refractivity contribution in [2.24, 2.45) is 0 Å². The lowest BCUT2D eigenvalue weighted by molar-refractivity contribution is 0.248. The van der Waals surface area contributed by atoms with E-state index >= 15 is 0 Å². The second kappa shape index (κ2) is 8.40. The first-order valence-corrected chi connectivity index (χ1v) is 7.05. The van der Waals surface area contributed by atoms with Crippen molar-refractivity contribution >= 4 is 17.4 Å². The molecular weight excluding hydrogens is 238 g/mol. The highest BCUT2D eigenvalue weighted by atomic mass is 16.2. The fourth-order valence-corrected chi connectivity index (χ4v) is 1.96. The average molecular weight is 263 g/mol. The van der Waals surface area contributed by atoms with E-state index in [2.05, 4.69) is 17.6 Å². The molecule has 0 aliphatic carbocycles. The Morgan fingerprint density at radius 3 is 2.79 bits per heavy atom. The van der Waals surface area contributed by atoms with E-state index in [1.54, 1.807) is 12.1 Å². The zero-order chi connectivity index (χ0) is 14.1. The lowest BCUT2D eigenvalue weighted by atomic mass is 10.1. The van der Waals surface area contributed by atoms with Gasteiger partial charge in [-0.2, -0.15) is 0 Å². The van der Waals surface area contributed by atoms with Gasteiger partial charge in [-0.15, -0.1) is 0 Å². The molecule has 0 bridgehead atoms. The predicted molar refractivity (Wildman–Crippen MR) is 81.2 cm³/mol. The standard InChI is InChI=1S/C15H25N3O/c1-3-4-5-6-8-12(2)17-15(19)18-14-10-7-9-13(16)11-14/h7,9-12H,3-6,8,16H2,1-2H3,(H2,17,18,19). The number of unbranched alkanes of at least 4 members (excludes halogenated alkanes) is 3. The van der Waals surface area contributed by atoms with E-state index in [1.165, 1.54) is 19.3 Å². The van der Waals surface area contributed by atoms with Crippen molar-refractivity contribution in [3.05, 3.63) is 24.3 Å². The molecule has 0 fully saturated rings. The number of hydrogen-bond donors (Lipinski definition) is 3. The molecule has 4 heteroatoms. The van der Waals surface area contributed by atoms with Crippen LogP contribution in [-0.4, -0.2) is 12.1 Å². The first-order chi connectivity index (χ1) is 9.11. The number of anilines is 2. The minimum Gasteiger partial charge on any atom is -0.399 e. The van der Waals surface area contributed by atoms with Crippen LogP contribution in [0.2, 0.25) is 0 Å². The summed E-state index contributed by atoms with van der Waals surface area (Å²) in [7, 11) is 0. The van der Waals surface area contributed by atoms with Gasteiger partial charge in [0.1, 0.15) is 0 Å². The highest BCUT2D eigenvalue weighted by Crippen LogP contribution is 2.11. The molecule has 1 aromatic rings. The van der Waals surface area contributed by atoms with Gasteiger partial charge >= 0.3 is 6.03 Å². The first-order valence-electron chi connectivity index (χ1n) is 7.05. The van der Waals surface area contributed by atoms with Crippen LogP contribution >= 0.6 is 0 Å². The number of carbonyl (C=O) groups is 1. The summed E-state index contributed by atoms with van der Waals surface area (Å²) in [6, 6.07) is 7.19. The van der Waals surface area contributed by atoms with Gasteiger partial charge in [0.05, 0.1) is 0 Å². The molecule has 1 unspecified atom stereocenters. The minimum absolute atomic E-state index is 0.173. The van der Waals surface area contributed by atoms with Crippen molar-refractivity contribution in [1.29, 1.82) is 0 Å². The number of nitrogen functional groups attached to an aromatic ring is 1. The molecule has 0 spiro atoms. The molecule has 1 aromatic carbocycles. The Morgan fingerprint density at radius 2 is 2.11 bits per heavy atom. The summed E-state index contributed by atoms with van der Waals surface area (Å²) in [5, 5.41) is 5.72. The number of benzene rings is 1.